The monoisotopic (exact) mass is 356 g/mol. The second-order valence-corrected chi connectivity index (χ2v) is 6.54. The number of rotatable bonds is 2. The Balaban J connectivity index is 1.75. The lowest BCUT2D eigenvalue weighted by Crippen LogP contribution is -2.65. The van der Waals surface area contributed by atoms with Crippen LogP contribution in [0.15, 0.2) is 42.5 Å². The lowest BCUT2D eigenvalue weighted by molar-refractivity contribution is 0.0377. The van der Waals surface area contributed by atoms with Crippen LogP contribution < -0.4 is 15.0 Å². The highest BCUT2D eigenvalue weighted by atomic mass is 19.1. The molecule has 2 aliphatic rings. The molecule has 0 saturated carbocycles. The number of nitrogens with zero attached hydrogens (tertiary/aromatic N) is 1. The van der Waals surface area contributed by atoms with Gasteiger partial charge >= 0.3 is 12.0 Å². The molecule has 1 N–H and O–H groups in total. The number of benzene rings is 2. The molecule has 4 rings (SSSR count). The molecule has 6 nitrogen and oxygen atoms in total. The Hall–Kier alpha value is -3.09. The van der Waals surface area contributed by atoms with Crippen LogP contribution in [0.5, 0.6) is 5.75 Å². The topological polar surface area (TPSA) is 67.9 Å². The van der Waals surface area contributed by atoms with Crippen molar-refractivity contribution in [3.63, 3.8) is 0 Å². The molecule has 0 radical (unpaired) electrons. The third-order valence-corrected chi connectivity index (χ3v) is 4.78. The van der Waals surface area contributed by atoms with Crippen LogP contribution in [0.25, 0.3) is 0 Å². The number of esters is 1. The predicted molar refractivity (Wildman–Crippen MR) is 91.6 cm³/mol. The first-order valence-corrected chi connectivity index (χ1v) is 8.19. The van der Waals surface area contributed by atoms with E-state index in [1.807, 2.05) is 6.92 Å². The number of carbonyl (C=O) groups is 2. The summed E-state index contributed by atoms with van der Waals surface area (Å²) in [5.41, 5.74) is 0.746. The zero-order valence-corrected chi connectivity index (χ0v) is 14.3. The van der Waals surface area contributed by atoms with Crippen molar-refractivity contribution in [2.75, 3.05) is 12.0 Å². The van der Waals surface area contributed by atoms with Crippen LogP contribution in [0.3, 0.4) is 0 Å². The molecule has 2 bridgehead atoms. The van der Waals surface area contributed by atoms with Crippen LogP contribution >= 0.6 is 0 Å². The number of methoxy groups -OCH3 is 1. The lowest BCUT2D eigenvalue weighted by atomic mass is 9.89. The van der Waals surface area contributed by atoms with E-state index in [0.717, 1.165) is 5.56 Å². The van der Waals surface area contributed by atoms with Crippen molar-refractivity contribution in [1.29, 1.82) is 0 Å². The largest absolute Gasteiger partial charge is 0.467 e. The maximum atomic E-state index is 13.2. The van der Waals surface area contributed by atoms with Crippen LogP contribution in [0, 0.1) is 5.82 Å². The van der Waals surface area contributed by atoms with Crippen LogP contribution in [0.2, 0.25) is 0 Å². The zero-order chi connectivity index (χ0) is 18.5. The normalized spacial score (nSPS) is 23.6. The van der Waals surface area contributed by atoms with Crippen molar-refractivity contribution >= 4 is 17.7 Å². The first kappa shape index (κ1) is 16.4. The van der Waals surface area contributed by atoms with Crippen molar-refractivity contribution < 1.29 is 23.5 Å². The summed E-state index contributed by atoms with van der Waals surface area (Å²) in [5.74, 6) is -0.237. The lowest BCUT2D eigenvalue weighted by Gasteiger charge is -2.50. The molecule has 26 heavy (non-hydrogen) atoms. The van der Waals surface area contributed by atoms with E-state index < -0.39 is 11.7 Å². The van der Waals surface area contributed by atoms with Gasteiger partial charge in [-0.05, 0) is 49.4 Å². The van der Waals surface area contributed by atoms with Crippen molar-refractivity contribution in [1.82, 2.24) is 5.32 Å². The Morgan fingerprint density at radius 3 is 2.73 bits per heavy atom. The maximum Gasteiger partial charge on any atom is 0.337 e. The van der Waals surface area contributed by atoms with Crippen molar-refractivity contribution in [3.8, 4) is 5.75 Å². The third kappa shape index (κ3) is 2.47. The van der Waals surface area contributed by atoms with Gasteiger partial charge in [-0.2, -0.15) is 0 Å². The van der Waals surface area contributed by atoms with Crippen LogP contribution in [0.4, 0.5) is 14.9 Å². The molecule has 0 spiro atoms. The third-order valence-electron chi connectivity index (χ3n) is 4.78. The standard InChI is InChI=1S/C19H17FN2O4/c1-19-10-15(14-9-11(17(23)25-2)3-8-16(14)26-19)21-18(24)22(19)13-6-4-12(20)5-7-13/h3-9,15H,10H2,1-2H3,(H,21,24)/t15-,19-/m1/s1. The number of anilines is 1. The van der Waals surface area contributed by atoms with Gasteiger partial charge in [-0.15, -0.1) is 0 Å². The molecule has 7 heteroatoms. The van der Waals surface area contributed by atoms with Gasteiger partial charge in [-0.3, -0.25) is 4.90 Å². The van der Waals surface area contributed by atoms with E-state index in [9.17, 15) is 14.0 Å². The Bertz CT molecular complexity index is 899. The number of hydrogen-bond donors (Lipinski definition) is 1. The molecule has 2 heterocycles. The van der Waals surface area contributed by atoms with E-state index in [2.05, 4.69) is 5.32 Å². The first-order valence-electron chi connectivity index (χ1n) is 8.19. The van der Waals surface area contributed by atoms with Gasteiger partial charge in [0.15, 0.2) is 5.72 Å². The van der Waals surface area contributed by atoms with Gasteiger partial charge in [0.05, 0.1) is 18.7 Å². The average molecular weight is 356 g/mol. The van der Waals surface area contributed by atoms with Crippen LogP contribution in [0.1, 0.15) is 35.3 Å². The summed E-state index contributed by atoms with van der Waals surface area (Å²) in [6, 6.07) is 10.1. The van der Waals surface area contributed by atoms with Crippen molar-refractivity contribution in [2.24, 2.45) is 0 Å². The molecule has 0 aromatic heterocycles. The molecular weight excluding hydrogens is 339 g/mol. The summed E-state index contributed by atoms with van der Waals surface area (Å²) in [5, 5.41) is 2.94. The van der Waals surface area contributed by atoms with Crippen LogP contribution in [-0.2, 0) is 4.74 Å². The molecule has 2 atom stereocenters. The van der Waals surface area contributed by atoms with Gasteiger partial charge in [-0.25, -0.2) is 14.0 Å². The van der Waals surface area contributed by atoms with E-state index in [1.54, 1.807) is 30.3 Å². The molecule has 2 amide bonds. The summed E-state index contributed by atoms with van der Waals surface area (Å²) in [6.45, 7) is 1.82. The minimum absolute atomic E-state index is 0.294. The summed E-state index contributed by atoms with van der Waals surface area (Å²) >= 11 is 0. The Morgan fingerprint density at radius 1 is 1.31 bits per heavy atom. The minimum Gasteiger partial charge on any atom is -0.467 e. The molecule has 2 aromatic rings. The SMILES string of the molecule is COC(=O)c1ccc2c(c1)[C@H]1C[C@@](C)(O2)N(c2ccc(F)cc2)C(=O)N1. The number of carbonyl (C=O) groups excluding carboxylic acids is 2. The van der Waals surface area contributed by atoms with E-state index >= 15 is 0 Å². The highest BCUT2D eigenvalue weighted by Crippen LogP contribution is 2.45. The molecular formula is C19H17FN2O4. The number of amides is 2. The summed E-state index contributed by atoms with van der Waals surface area (Å²) in [4.78, 5) is 26.0. The summed E-state index contributed by atoms with van der Waals surface area (Å²) in [7, 11) is 1.32. The van der Waals surface area contributed by atoms with Gasteiger partial charge in [0, 0.05) is 17.7 Å². The Morgan fingerprint density at radius 2 is 2.04 bits per heavy atom. The minimum atomic E-state index is -0.926. The molecule has 2 aliphatic heterocycles. The van der Waals surface area contributed by atoms with E-state index in [4.69, 9.17) is 9.47 Å². The Kier molecular flexibility index (Phi) is 3.61. The smallest absolute Gasteiger partial charge is 0.337 e. The molecule has 0 aliphatic carbocycles. The fourth-order valence-electron chi connectivity index (χ4n) is 3.60. The molecule has 0 unspecified atom stereocenters. The number of urea groups is 1. The van der Waals surface area contributed by atoms with Gasteiger partial charge < -0.3 is 14.8 Å². The Labute approximate surface area is 149 Å². The second kappa shape index (κ2) is 5.72. The van der Waals surface area contributed by atoms with Gasteiger partial charge in [0.2, 0.25) is 0 Å². The van der Waals surface area contributed by atoms with Crippen molar-refractivity contribution in [2.45, 2.75) is 25.1 Å². The zero-order valence-electron chi connectivity index (χ0n) is 14.3. The number of nitrogens with one attached hydrogen (secondary N) is 1. The number of hydrogen-bond acceptors (Lipinski definition) is 4. The summed E-state index contributed by atoms with van der Waals surface area (Å²) < 4.78 is 24.1. The van der Waals surface area contributed by atoms with E-state index in [-0.39, 0.29) is 17.9 Å². The number of halogens is 1. The molecule has 1 fully saturated rings. The fourth-order valence-corrected chi connectivity index (χ4v) is 3.60. The first-order chi connectivity index (χ1) is 12.4. The quantitative estimate of drug-likeness (QED) is 0.838. The van der Waals surface area contributed by atoms with Crippen molar-refractivity contribution in [3.05, 3.63) is 59.4 Å². The maximum absolute atomic E-state index is 13.2. The predicted octanol–water partition coefficient (Wildman–Crippen LogP) is 3.38. The fraction of sp³-hybridized carbons (Fsp3) is 0.263. The average Bonchev–Trinajstić information content (AvgIpc) is 2.61. The highest BCUT2D eigenvalue weighted by molar-refractivity contribution is 5.95. The summed E-state index contributed by atoms with van der Waals surface area (Å²) in [6.07, 6.45) is 0.480. The highest BCUT2D eigenvalue weighted by Gasteiger charge is 2.49. The molecule has 134 valence electrons. The van der Waals surface area contributed by atoms with Gasteiger partial charge in [0.25, 0.3) is 0 Å². The van der Waals surface area contributed by atoms with E-state index in [1.165, 1.54) is 24.1 Å². The van der Waals surface area contributed by atoms with Crippen LogP contribution in [-0.4, -0.2) is 24.8 Å². The molecule has 1 saturated heterocycles. The molecule has 2 aromatic carbocycles. The van der Waals surface area contributed by atoms with E-state index in [0.29, 0.717) is 23.4 Å². The number of fused-ring (bicyclic) bond motifs is 4. The number of ether oxygens (including phenoxy) is 2. The van der Waals surface area contributed by atoms with Gasteiger partial charge in [0.1, 0.15) is 11.6 Å². The van der Waals surface area contributed by atoms with Gasteiger partial charge in [-0.1, -0.05) is 0 Å². The second-order valence-electron chi connectivity index (χ2n) is 6.54.